The van der Waals surface area contributed by atoms with E-state index in [1.165, 1.54) is 327 Å². The van der Waals surface area contributed by atoms with Gasteiger partial charge in [0.15, 0.2) is 6.29 Å². The minimum absolute atomic E-state index is 0.179. The van der Waals surface area contributed by atoms with Gasteiger partial charge in [0.05, 0.1) is 25.4 Å². The second kappa shape index (κ2) is 68.0. The molecule has 1 amide bonds. The first kappa shape index (κ1) is 84.2. The molecule has 0 aromatic carbocycles. The summed E-state index contributed by atoms with van der Waals surface area (Å²) in [5, 5.41) is 54.9. The highest BCUT2D eigenvalue weighted by Gasteiger charge is 2.44. The van der Waals surface area contributed by atoms with Crippen LogP contribution in [0.25, 0.3) is 0 Å². The normalized spacial score (nSPS) is 18.1. The van der Waals surface area contributed by atoms with Crippen LogP contribution in [0.2, 0.25) is 0 Å². The molecular formula is C79H149NO8. The lowest BCUT2D eigenvalue weighted by molar-refractivity contribution is -0.302. The molecule has 7 atom stereocenters. The zero-order chi connectivity index (χ0) is 63.5. The molecule has 9 nitrogen and oxygen atoms in total. The Morgan fingerprint density at radius 1 is 0.386 bits per heavy atom. The first-order valence-electron chi connectivity index (χ1n) is 38.9. The lowest BCUT2D eigenvalue weighted by atomic mass is 9.99. The van der Waals surface area contributed by atoms with Gasteiger partial charge in [-0.1, -0.05) is 371 Å². The van der Waals surface area contributed by atoms with E-state index in [2.05, 4.69) is 55.6 Å². The molecule has 1 aliphatic rings. The molecule has 1 heterocycles. The van der Waals surface area contributed by atoms with Gasteiger partial charge in [-0.2, -0.15) is 0 Å². The Balaban J connectivity index is 2.10. The van der Waals surface area contributed by atoms with Gasteiger partial charge in [0, 0.05) is 6.42 Å². The number of ether oxygens (including phenoxy) is 2. The Labute approximate surface area is 545 Å². The molecule has 0 aromatic heterocycles. The van der Waals surface area contributed by atoms with Gasteiger partial charge in [0.2, 0.25) is 5.91 Å². The first-order chi connectivity index (χ1) is 43.3. The van der Waals surface area contributed by atoms with Crippen LogP contribution in [-0.4, -0.2) is 87.5 Å². The number of carbonyl (C=O) groups excluding carboxylic acids is 1. The SMILES string of the molecule is CCCCCCC/C=C\C/C=C\CCCCCCCCCCCCCCCCCCCCCCCC(=O)NC(COC1OC(CO)C(O)C(O)C1O)C(O)/C=C/CC/C=C/CCCCCCCCCCCCCCCCCCCCCCCCCCCC. The number of unbranched alkanes of at least 4 members (excludes halogenated alkanes) is 53. The van der Waals surface area contributed by atoms with Gasteiger partial charge in [-0.25, -0.2) is 0 Å². The van der Waals surface area contributed by atoms with Gasteiger partial charge in [0.25, 0.3) is 0 Å². The van der Waals surface area contributed by atoms with E-state index < -0.39 is 49.5 Å². The summed E-state index contributed by atoms with van der Waals surface area (Å²) < 4.78 is 11.3. The number of carbonyl (C=O) groups is 1. The van der Waals surface area contributed by atoms with Crippen LogP contribution >= 0.6 is 0 Å². The van der Waals surface area contributed by atoms with E-state index in [1.807, 2.05) is 6.08 Å². The number of rotatable bonds is 69. The maximum Gasteiger partial charge on any atom is 0.220 e. The minimum atomic E-state index is -1.57. The van der Waals surface area contributed by atoms with E-state index in [9.17, 15) is 30.3 Å². The molecule has 1 saturated heterocycles. The molecule has 518 valence electrons. The molecule has 0 aromatic rings. The average molecular weight is 1240 g/mol. The number of aliphatic hydroxyl groups excluding tert-OH is 5. The van der Waals surface area contributed by atoms with Gasteiger partial charge >= 0.3 is 0 Å². The van der Waals surface area contributed by atoms with Crippen LogP contribution in [0.15, 0.2) is 48.6 Å². The first-order valence-corrected chi connectivity index (χ1v) is 38.9. The second-order valence-corrected chi connectivity index (χ2v) is 27.1. The van der Waals surface area contributed by atoms with E-state index in [-0.39, 0.29) is 12.5 Å². The van der Waals surface area contributed by atoms with E-state index in [0.717, 1.165) is 44.9 Å². The third-order valence-electron chi connectivity index (χ3n) is 18.6. The summed E-state index contributed by atoms with van der Waals surface area (Å²) >= 11 is 0. The summed E-state index contributed by atoms with van der Waals surface area (Å²) in [7, 11) is 0. The minimum Gasteiger partial charge on any atom is -0.394 e. The Morgan fingerprint density at radius 2 is 0.682 bits per heavy atom. The van der Waals surface area contributed by atoms with E-state index in [0.29, 0.717) is 6.42 Å². The number of amides is 1. The van der Waals surface area contributed by atoms with Crippen LogP contribution in [0.5, 0.6) is 0 Å². The summed E-state index contributed by atoms with van der Waals surface area (Å²) in [5.41, 5.74) is 0. The highest BCUT2D eigenvalue weighted by atomic mass is 16.7. The molecule has 1 aliphatic heterocycles. The Morgan fingerprint density at radius 3 is 1.02 bits per heavy atom. The summed E-state index contributed by atoms with van der Waals surface area (Å²) in [6.07, 6.45) is 86.9. The van der Waals surface area contributed by atoms with Crippen LogP contribution in [0.1, 0.15) is 393 Å². The van der Waals surface area contributed by atoms with E-state index >= 15 is 0 Å². The predicted molar refractivity (Wildman–Crippen MR) is 378 cm³/mol. The van der Waals surface area contributed by atoms with Crippen molar-refractivity contribution in [3.05, 3.63) is 48.6 Å². The molecule has 88 heavy (non-hydrogen) atoms. The van der Waals surface area contributed by atoms with Crippen LogP contribution in [-0.2, 0) is 14.3 Å². The van der Waals surface area contributed by atoms with Crippen LogP contribution in [0, 0.1) is 0 Å². The third kappa shape index (κ3) is 55.8. The molecule has 1 fully saturated rings. The Kier molecular flexibility index (Phi) is 65.1. The van der Waals surface area contributed by atoms with Crippen molar-refractivity contribution in [1.82, 2.24) is 5.32 Å². The number of aliphatic hydroxyl groups is 5. The van der Waals surface area contributed by atoms with Crippen LogP contribution in [0.3, 0.4) is 0 Å². The van der Waals surface area contributed by atoms with Crippen molar-refractivity contribution in [3.63, 3.8) is 0 Å². The number of hydrogen-bond donors (Lipinski definition) is 6. The molecule has 0 spiro atoms. The molecule has 0 bridgehead atoms. The van der Waals surface area contributed by atoms with Crippen LogP contribution in [0.4, 0.5) is 0 Å². The monoisotopic (exact) mass is 1240 g/mol. The van der Waals surface area contributed by atoms with Crippen molar-refractivity contribution < 1.29 is 39.8 Å². The van der Waals surface area contributed by atoms with Crippen molar-refractivity contribution in [2.45, 2.75) is 436 Å². The molecule has 0 saturated carbocycles. The summed E-state index contributed by atoms with van der Waals surface area (Å²) in [6.45, 7) is 3.81. The molecule has 0 radical (unpaired) electrons. The largest absolute Gasteiger partial charge is 0.394 e. The highest BCUT2D eigenvalue weighted by molar-refractivity contribution is 5.76. The van der Waals surface area contributed by atoms with Gasteiger partial charge in [0.1, 0.15) is 24.4 Å². The lowest BCUT2D eigenvalue weighted by Crippen LogP contribution is -2.60. The molecular weight excluding hydrogens is 1090 g/mol. The zero-order valence-electron chi connectivity index (χ0n) is 58.3. The van der Waals surface area contributed by atoms with Gasteiger partial charge < -0.3 is 40.3 Å². The van der Waals surface area contributed by atoms with E-state index in [4.69, 9.17) is 9.47 Å². The summed E-state index contributed by atoms with van der Waals surface area (Å²) in [5.74, 6) is -0.179. The Hall–Kier alpha value is -1.85. The zero-order valence-corrected chi connectivity index (χ0v) is 58.3. The number of nitrogens with one attached hydrogen (secondary N) is 1. The smallest absolute Gasteiger partial charge is 0.220 e. The van der Waals surface area contributed by atoms with Crippen molar-refractivity contribution >= 4 is 5.91 Å². The number of allylic oxidation sites excluding steroid dienone is 7. The van der Waals surface area contributed by atoms with Gasteiger partial charge in [-0.05, 0) is 64.2 Å². The number of hydrogen-bond acceptors (Lipinski definition) is 8. The Bertz CT molecular complexity index is 1530. The molecule has 1 rings (SSSR count). The molecule has 9 heteroatoms. The lowest BCUT2D eigenvalue weighted by Gasteiger charge is -2.40. The fourth-order valence-electron chi connectivity index (χ4n) is 12.6. The van der Waals surface area contributed by atoms with Crippen molar-refractivity contribution in [3.8, 4) is 0 Å². The quantitative estimate of drug-likeness (QED) is 0.0261. The standard InChI is InChI=1S/C79H149NO8/c1-3-5-7-9-11-13-15-17-19-21-23-25-27-29-31-33-35-37-39-41-43-45-47-49-51-53-55-57-59-61-63-65-67-69-75(83)80-72(71-87-79-78(86)77(85)76(84)74(70-81)88-79)73(82)68-66-64-62-60-58-56-54-52-50-48-46-44-42-40-38-36-34-32-30-28-26-24-22-20-18-16-14-12-10-8-6-4-2/h15,17,21,23,58,60,66,68,72-74,76-79,81-82,84-86H,3-14,16,18-20,22,24-57,59,61-65,67,69-71H2,1-2H3,(H,80,83)/b17-15-,23-21-,60-58+,68-66+. The van der Waals surface area contributed by atoms with Crippen molar-refractivity contribution in [2.75, 3.05) is 13.2 Å². The van der Waals surface area contributed by atoms with Crippen molar-refractivity contribution in [1.29, 1.82) is 0 Å². The molecule has 0 aliphatic carbocycles. The molecule has 7 unspecified atom stereocenters. The van der Waals surface area contributed by atoms with Gasteiger partial charge in [-0.3, -0.25) is 4.79 Å². The third-order valence-corrected chi connectivity index (χ3v) is 18.6. The van der Waals surface area contributed by atoms with Gasteiger partial charge in [-0.15, -0.1) is 0 Å². The predicted octanol–water partition coefficient (Wildman–Crippen LogP) is 21.9. The second-order valence-electron chi connectivity index (χ2n) is 27.1. The average Bonchev–Trinajstić information content (AvgIpc) is 3.65. The van der Waals surface area contributed by atoms with Crippen molar-refractivity contribution in [2.24, 2.45) is 0 Å². The fourth-order valence-corrected chi connectivity index (χ4v) is 12.6. The summed E-state index contributed by atoms with van der Waals surface area (Å²) in [6, 6.07) is -0.823. The van der Waals surface area contributed by atoms with Crippen LogP contribution < -0.4 is 5.32 Å². The topological polar surface area (TPSA) is 149 Å². The molecule has 6 N–H and O–H groups in total. The maximum atomic E-state index is 13.2. The summed E-state index contributed by atoms with van der Waals surface area (Å²) in [4.78, 5) is 13.2. The maximum absolute atomic E-state index is 13.2. The highest BCUT2D eigenvalue weighted by Crippen LogP contribution is 2.24. The fraction of sp³-hybridized carbons (Fsp3) is 0.886. The van der Waals surface area contributed by atoms with E-state index in [1.54, 1.807) is 6.08 Å².